The third-order valence-electron chi connectivity index (χ3n) is 3.09. The second-order valence-electron chi connectivity index (χ2n) is 4.76. The number of carbonyl (C=O) groups excluding carboxylic acids is 1. The summed E-state index contributed by atoms with van der Waals surface area (Å²) in [4.78, 5) is 16.3. The van der Waals surface area contributed by atoms with Crippen LogP contribution in [-0.2, 0) is 9.53 Å². The van der Waals surface area contributed by atoms with E-state index in [0.29, 0.717) is 24.4 Å². The van der Waals surface area contributed by atoms with E-state index >= 15 is 0 Å². The fraction of sp³-hybridized carbons (Fsp3) is 0.833. The molecule has 0 saturated carbocycles. The van der Waals surface area contributed by atoms with Crippen LogP contribution in [0.3, 0.4) is 0 Å². The van der Waals surface area contributed by atoms with E-state index in [-0.39, 0.29) is 12.0 Å². The highest BCUT2D eigenvalue weighted by molar-refractivity contribution is 7.80. The molecule has 5 nitrogen and oxygen atoms in total. The van der Waals surface area contributed by atoms with Crippen molar-refractivity contribution in [2.24, 2.45) is 5.73 Å². The Morgan fingerprint density at radius 3 is 2.89 bits per heavy atom. The fourth-order valence-corrected chi connectivity index (χ4v) is 2.03. The summed E-state index contributed by atoms with van der Waals surface area (Å²) in [5.74, 6) is 0.144. The summed E-state index contributed by atoms with van der Waals surface area (Å²) in [6.07, 6.45) is 1.40. The number of carbonyl (C=O) groups is 1. The molecule has 0 bridgehead atoms. The van der Waals surface area contributed by atoms with Crippen molar-refractivity contribution in [2.75, 3.05) is 39.8 Å². The van der Waals surface area contributed by atoms with Crippen LogP contribution in [-0.4, -0.2) is 66.6 Å². The van der Waals surface area contributed by atoms with Gasteiger partial charge in [-0.05, 0) is 6.92 Å². The molecule has 0 spiro atoms. The standard InChI is InChI=1S/C12H23N3O2S/c1-10-9-15(7-8-17-10)6-4-12(16)14(2)5-3-11(13)18/h10H,3-9H2,1-2H3,(H2,13,18). The van der Waals surface area contributed by atoms with Crippen molar-refractivity contribution in [2.45, 2.75) is 25.9 Å². The maximum Gasteiger partial charge on any atom is 0.223 e. The SMILES string of the molecule is CC1CN(CCC(=O)N(C)CCC(N)=S)CCO1. The van der Waals surface area contributed by atoms with E-state index < -0.39 is 0 Å². The summed E-state index contributed by atoms with van der Waals surface area (Å²) in [5.41, 5.74) is 5.42. The van der Waals surface area contributed by atoms with E-state index in [1.54, 1.807) is 11.9 Å². The smallest absolute Gasteiger partial charge is 0.223 e. The second-order valence-corrected chi connectivity index (χ2v) is 5.29. The third-order valence-corrected chi connectivity index (χ3v) is 3.29. The third kappa shape index (κ3) is 5.75. The van der Waals surface area contributed by atoms with Gasteiger partial charge in [-0.2, -0.15) is 0 Å². The first kappa shape index (κ1) is 15.3. The van der Waals surface area contributed by atoms with Crippen LogP contribution in [0.2, 0.25) is 0 Å². The average molecular weight is 273 g/mol. The summed E-state index contributed by atoms with van der Waals surface area (Å²) >= 11 is 4.80. The van der Waals surface area contributed by atoms with Gasteiger partial charge in [0, 0.05) is 46.1 Å². The molecule has 18 heavy (non-hydrogen) atoms. The van der Waals surface area contributed by atoms with Gasteiger partial charge in [-0.15, -0.1) is 0 Å². The molecular formula is C12H23N3O2S. The van der Waals surface area contributed by atoms with E-state index in [9.17, 15) is 4.79 Å². The topological polar surface area (TPSA) is 58.8 Å². The Hall–Kier alpha value is -0.720. The first-order chi connectivity index (χ1) is 8.49. The summed E-state index contributed by atoms with van der Waals surface area (Å²) in [6.45, 7) is 6.03. The van der Waals surface area contributed by atoms with Gasteiger partial charge in [-0.3, -0.25) is 9.69 Å². The molecule has 0 aromatic heterocycles. The fourth-order valence-electron chi connectivity index (χ4n) is 1.94. The molecule has 6 heteroatoms. The molecule has 1 fully saturated rings. The van der Waals surface area contributed by atoms with Crippen LogP contribution < -0.4 is 5.73 Å². The van der Waals surface area contributed by atoms with E-state index in [1.807, 2.05) is 0 Å². The van der Waals surface area contributed by atoms with E-state index in [0.717, 1.165) is 26.2 Å². The molecular weight excluding hydrogens is 250 g/mol. The molecule has 1 rings (SSSR count). The predicted molar refractivity (Wildman–Crippen MR) is 75.5 cm³/mol. The Balaban J connectivity index is 2.21. The molecule has 0 aromatic rings. The minimum atomic E-state index is 0.144. The Morgan fingerprint density at radius 2 is 2.28 bits per heavy atom. The summed E-state index contributed by atoms with van der Waals surface area (Å²) < 4.78 is 5.46. The van der Waals surface area contributed by atoms with E-state index in [4.69, 9.17) is 22.7 Å². The van der Waals surface area contributed by atoms with Gasteiger partial charge in [0.15, 0.2) is 0 Å². The number of ether oxygens (including phenoxy) is 1. The molecule has 104 valence electrons. The largest absolute Gasteiger partial charge is 0.393 e. The normalized spacial score (nSPS) is 20.7. The number of amides is 1. The lowest BCUT2D eigenvalue weighted by Gasteiger charge is -2.31. The molecule has 0 aliphatic carbocycles. The Labute approximate surface area is 114 Å². The van der Waals surface area contributed by atoms with Gasteiger partial charge in [0.1, 0.15) is 0 Å². The molecule has 1 unspecified atom stereocenters. The van der Waals surface area contributed by atoms with Gasteiger partial charge < -0.3 is 15.4 Å². The zero-order valence-electron chi connectivity index (χ0n) is 11.2. The van der Waals surface area contributed by atoms with Gasteiger partial charge in [-0.25, -0.2) is 0 Å². The zero-order valence-corrected chi connectivity index (χ0v) is 12.0. The molecule has 1 heterocycles. The highest BCUT2D eigenvalue weighted by atomic mass is 32.1. The molecule has 1 aliphatic rings. The van der Waals surface area contributed by atoms with Crippen LogP contribution in [0.5, 0.6) is 0 Å². The molecule has 1 amide bonds. The highest BCUT2D eigenvalue weighted by Gasteiger charge is 2.18. The quantitative estimate of drug-likeness (QED) is 0.702. The van der Waals surface area contributed by atoms with Crippen molar-refractivity contribution in [1.29, 1.82) is 0 Å². The number of morpholine rings is 1. The number of hydrogen-bond donors (Lipinski definition) is 1. The molecule has 1 aliphatic heterocycles. The number of nitrogens with zero attached hydrogens (tertiary/aromatic N) is 2. The van der Waals surface area contributed by atoms with Crippen molar-refractivity contribution in [3.8, 4) is 0 Å². The minimum absolute atomic E-state index is 0.144. The first-order valence-electron chi connectivity index (χ1n) is 6.35. The number of hydrogen-bond acceptors (Lipinski definition) is 4. The van der Waals surface area contributed by atoms with Gasteiger partial charge in [0.05, 0.1) is 17.7 Å². The Morgan fingerprint density at radius 1 is 1.56 bits per heavy atom. The molecule has 0 radical (unpaired) electrons. The van der Waals surface area contributed by atoms with Crippen LogP contribution in [0.25, 0.3) is 0 Å². The summed E-state index contributed by atoms with van der Waals surface area (Å²) in [7, 11) is 1.79. The predicted octanol–water partition coefficient (Wildman–Crippen LogP) is 0.232. The van der Waals surface area contributed by atoms with Crippen LogP contribution in [0.15, 0.2) is 0 Å². The highest BCUT2D eigenvalue weighted by Crippen LogP contribution is 2.05. The van der Waals surface area contributed by atoms with Crippen molar-refractivity contribution < 1.29 is 9.53 Å². The van der Waals surface area contributed by atoms with Gasteiger partial charge in [-0.1, -0.05) is 12.2 Å². The maximum absolute atomic E-state index is 11.9. The summed E-state index contributed by atoms with van der Waals surface area (Å²) in [5, 5.41) is 0. The maximum atomic E-state index is 11.9. The molecule has 1 atom stereocenters. The molecule has 2 N–H and O–H groups in total. The lowest BCUT2D eigenvalue weighted by molar-refractivity contribution is -0.130. The number of rotatable bonds is 6. The number of thiocarbonyl (C=S) groups is 1. The summed E-state index contributed by atoms with van der Waals surface area (Å²) in [6, 6.07) is 0. The van der Waals surface area contributed by atoms with Crippen LogP contribution >= 0.6 is 12.2 Å². The molecule has 0 aromatic carbocycles. The Kier molecular flexibility index (Phi) is 6.52. The monoisotopic (exact) mass is 273 g/mol. The lowest BCUT2D eigenvalue weighted by atomic mass is 10.2. The minimum Gasteiger partial charge on any atom is -0.393 e. The number of nitrogens with two attached hydrogens (primary N) is 1. The average Bonchev–Trinajstić information content (AvgIpc) is 2.33. The van der Waals surface area contributed by atoms with Crippen molar-refractivity contribution in [1.82, 2.24) is 9.80 Å². The van der Waals surface area contributed by atoms with E-state index in [1.165, 1.54) is 0 Å². The lowest BCUT2D eigenvalue weighted by Crippen LogP contribution is -2.42. The Bertz CT molecular complexity index is 299. The second kappa shape index (κ2) is 7.66. The van der Waals surface area contributed by atoms with E-state index in [2.05, 4.69) is 11.8 Å². The first-order valence-corrected chi connectivity index (χ1v) is 6.76. The zero-order chi connectivity index (χ0) is 13.5. The van der Waals surface area contributed by atoms with Gasteiger partial charge in [0.2, 0.25) is 5.91 Å². The van der Waals surface area contributed by atoms with Crippen molar-refractivity contribution in [3.63, 3.8) is 0 Å². The van der Waals surface area contributed by atoms with Crippen LogP contribution in [0.4, 0.5) is 0 Å². The van der Waals surface area contributed by atoms with Crippen molar-refractivity contribution in [3.05, 3.63) is 0 Å². The van der Waals surface area contributed by atoms with Crippen LogP contribution in [0.1, 0.15) is 19.8 Å². The van der Waals surface area contributed by atoms with Gasteiger partial charge in [0.25, 0.3) is 0 Å². The van der Waals surface area contributed by atoms with Crippen molar-refractivity contribution >= 4 is 23.1 Å². The molecule has 1 saturated heterocycles. The van der Waals surface area contributed by atoms with Gasteiger partial charge >= 0.3 is 0 Å². The van der Waals surface area contributed by atoms with Crippen LogP contribution in [0, 0.1) is 0 Å².